The Balaban J connectivity index is 3.07. The number of methoxy groups -OCH3 is 2. The third-order valence-corrected chi connectivity index (χ3v) is 2.01. The lowest BCUT2D eigenvalue weighted by atomic mass is 11.0. The molecule has 0 bridgehead atoms. The zero-order chi connectivity index (χ0) is 6.41. The summed E-state index contributed by atoms with van der Waals surface area (Å²) in [6, 6.07) is 1.13. The highest BCUT2D eigenvalue weighted by molar-refractivity contribution is 6.36. The summed E-state index contributed by atoms with van der Waals surface area (Å²) in [7, 11) is 4.09. The zero-order valence-corrected chi connectivity index (χ0v) is 6.60. The molecule has 2 radical (unpaired) electrons. The van der Waals surface area contributed by atoms with Gasteiger partial charge in [-0.05, 0) is 0 Å². The van der Waals surface area contributed by atoms with E-state index in [-0.39, 0.29) is 5.91 Å². The predicted octanol–water partition coefficient (Wildman–Crippen LogP) is 0.705. The Bertz CT molecular complexity index is 45.7. The van der Waals surface area contributed by atoms with Crippen LogP contribution in [0, 0.1) is 0 Å². The van der Waals surface area contributed by atoms with Crippen LogP contribution in [-0.2, 0) is 9.47 Å². The van der Waals surface area contributed by atoms with Gasteiger partial charge in [-0.15, -0.1) is 0 Å². The maximum Gasteiger partial charge on any atom is 0.136 e. The Morgan fingerprint density at radius 2 is 1.88 bits per heavy atom. The molecule has 0 rings (SSSR count). The van der Waals surface area contributed by atoms with Crippen molar-refractivity contribution in [3.05, 3.63) is 0 Å². The highest BCUT2D eigenvalue weighted by atomic mass is 28.2. The maximum atomic E-state index is 4.93. The minimum atomic E-state index is 0.0278. The lowest BCUT2D eigenvalue weighted by molar-refractivity contribution is -0.0440. The first-order valence-electron chi connectivity index (χ1n) is 2.64. The molecule has 8 heavy (non-hydrogen) atoms. The highest BCUT2D eigenvalue weighted by Gasteiger charge is 2.01. The molecule has 0 spiro atoms. The average molecular weight is 132 g/mol. The zero-order valence-electron chi connectivity index (χ0n) is 5.60. The summed E-state index contributed by atoms with van der Waals surface area (Å²) in [6.45, 7) is 2.11. The molecule has 0 saturated carbocycles. The molecule has 2 nitrogen and oxygen atoms in total. The van der Waals surface area contributed by atoms with E-state index >= 15 is 0 Å². The van der Waals surface area contributed by atoms with E-state index in [4.69, 9.17) is 9.47 Å². The summed E-state index contributed by atoms with van der Waals surface area (Å²) in [5, 5.41) is 0. The monoisotopic (exact) mass is 132 g/mol. The molecule has 0 unspecified atom stereocenters. The quantitative estimate of drug-likeness (QED) is 0.414. The molecule has 0 aliphatic carbocycles. The van der Waals surface area contributed by atoms with Crippen molar-refractivity contribution in [1.29, 1.82) is 0 Å². The Morgan fingerprint density at radius 1 is 1.38 bits per heavy atom. The second-order valence-corrected chi connectivity index (χ2v) is 2.95. The summed E-state index contributed by atoms with van der Waals surface area (Å²) in [4.78, 5) is 0. The van der Waals surface area contributed by atoms with E-state index in [1.54, 1.807) is 14.2 Å². The van der Waals surface area contributed by atoms with Crippen molar-refractivity contribution in [3.8, 4) is 0 Å². The van der Waals surface area contributed by atoms with Gasteiger partial charge < -0.3 is 9.47 Å². The molecule has 0 heterocycles. The van der Waals surface area contributed by atoms with Crippen LogP contribution in [0.2, 0.25) is 6.04 Å². The molecule has 0 fully saturated rings. The van der Waals surface area contributed by atoms with Crippen molar-refractivity contribution in [3.63, 3.8) is 0 Å². The van der Waals surface area contributed by atoms with E-state index in [0.717, 1.165) is 15.6 Å². The van der Waals surface area contributed by atoms with Crippen LogP contribution in [0.25, 0.3) is 0 Å². The smallest absolute Gasteiger partial charge is 0.136 e. The van der Waals surface area contributed by atoms with Gasteiger partial charge in [0, 0.05) is 14.2 Å². The van der Waals surface area contributed by atoms with E-state index < -0.39 is 0 Å². The first-order chi connectivity index (χ1) is 3.85. The molecule has 0 aromatic carbocycles. The van der Waals surface area contributed by atoms with Crippen LogP contribution < -0.4 is 0 Å². The van der Waals surface area contributed by atoms with Crippen molar-refractivity contribution >= 4 is 9.52 Å². The van der Waals surface area contributed by atoms with E-state index in [2.05, 4.69) is 6.92 Å². The van der Waals surface area contributed by atoms with Gasteiger partial charge in [0.25, 0.3) is 0 Å². The summed E-state index contributed by atoms with van der Waals surface area (Å²) in [5.41, 5.74) is 0. The third kappa shape index (κ3) is 3.18. The lowest BCUT2D eigenvalue weighted by Crippen LogP contribution is -2.20. The van der Waals surface area contributed by atoms with Crippen LogP contribution in [0.3, 0.4) is 0 Å². The number of hydrogen-bond acceptors (Lipinski definition) is 2. The minimum absolute atomic E-state index is 0.0278. The SMILES string of the molecule is CC[Si]C(OC)OC. The summed E-state index contributed by atoms with van der Waals surface area (Å²) < 4.78 is 9.86. The number of rotatable bonds is 4. The highest BCUT2D eigenvalue weighted by Crippen LogP contribution is 1.89. The molecule has 0 N–H and O–H groups in total. The van der Waals surface area contributed by atoms with E-state index in [9.17, 15) is 0 Å². The molecule has 0 aromatic heterocycles. The van der Waals surface area contributed by atoms with Gasteiger partial charge in [-0.2, -0.15) is 0 Å². The molecule has 0 atom stereocenters. The summed E-state index contributed by atoms with van der Waals surface area (Å²) >= 11 is 0. The van der Waals surface area contributed by atoms with Crippen molar-refractivity contribution in [1.82, 2.24) is 0 Å². The Hall–Kier alpha value is 0.137. The second kappa shape index (κ2) is 5.28. The van der Waals surface area contributed by atoms with Gasteiger partial charge in [0.05, 0.1) is 0 Å². The first kappa shape index (κ1) is 8.14. The van der Waals surface area contributed by atoms with Crippen molar-refractivity contribution in [2.75, 3.05) is 14.2 Å². The van der Waals surface area contributed by atoms with E-state index in [0.29, 0.717) is 0 Å². The first-order valence-corrected chi connectivity index (χ1v) is 3.92. The van der Waals surface area contributed by atoms with Gasteiger partial charge >= 0.3 is 0 Å². The molecule has 0 amide bonds. The molecule has 3 heteroatoms. The van der Waals surface area contributed by atoms with Gasteiger partial charge in [-0.25, -0.2) is 0 Å². The molecule has 0 aliphatic rings. The fourth-order valence-corrected chi connectivity index (χ4v) is 1.10. The predicted molar refractivity (Wildman–Crippen MR) is 34.0 cm³/mol. The topological polar surface area (TPSA) is 18.5 Å². The van der Waals surface area contributed by atoms with Crippen LogP contribution in [0.5, 0.6) is 0 Å². The van der Waals surface area contributed by atoms with E-state index in [1.807, 2.05) is 0 Å². The van der Waals surface area contributed by atoms with Gasteiger partial charge in [0.1, 0.15) is 15.4 Å². The van der Waals surface area contributed by atoms with Crippen LogP contribution in [0.1, 0.15) is 6.92 Å². The Labute approximate surface area is 53.0 Å². The summed E-state index contributed by atoms with van der Waals surface area (Å²) in [5.74, 6) is 0.0278. The van der Waals surface area contributed by atoms with Crippen molar-refractivity contribution in [2.24, 2.45) is 0 Å². The molecule has 0 aromatic rings. The number of hydrogen-bond donors (Lipinski definition) is 0. The maximum absolute atomic E-state index is 4.93. The molecule has 0 saturated heterocycles. The largest absolute Gasteiger partial charge is 0.360 e. The average Bonchev–Trinajstić information content (AvgIpc) is 1.83. The molecular formula is C5H12O2Si. The fourth-order valence-electron chi connectivity index (χ4n) is 0.430. The number of ether oxygens (including phenoxy) is 2. The summed E-state index contributed by atoms with van der Waals surface area (Å²) in [6.07, 6.45) is 0. The third-order valence-electron chi connectivity index (χ3n) is 0.799. The van der Waals surface area contributed by atoms with Crippen LogP contribution in [0.4, 0.5) is 0 Å². The van der Waals surface area contributed by atoms with Gasteiger partial charge in [-0.1, -0.05) is 13.0 Å². The molecular weight excluding hydrogens is 120 g/mol. The van der Waals surface area contributed by atoms with Crippen molar-refractivity contribution < 1.29 is 9.47 Å². The molecule has 48 valence electrons. The Morgan fingerprint density at radius 3 is 2.00 bits per heavy atom. The fraction of sp³-hybridized carbons (Fsp3) is 1.00. The standard InChI is InChI=1S/C5H12O2Si/c1-4-8-5(6-2)7-3/h5H,4H2,1-3H3. The van der Waals surface area contributed by atoms with Gasteiger partial charge in [-0.3, -0.25) is 0 Å². The normalized spacial score (nSPS) is 10.5. The lowest BCUT2D eigenvalue weighted by Gasteiger charge is -2.09. The second-order valence-electron chi connectivity index (χ2n) is 1.36. The molecule has 0 aliphatic heterocycles. The van der Waals surface area contributed by atoms with Gasteiger partial charge in [0.15, 0.2) is 0 Å². The van der Waals surface area contributed by atoms with Crippen LogP contribution >= 0.6 is 0 Å². The van der Waals surface area contributed by atoms with E-state index in [1.165, 1.54) is 0 Å². The van der Waals surface area contributed by atoms with Gasteiger partial charge in [0.2, 0.25) is 0 Å². The Kier molecular flexibility index (Phi) is 5.37. The van der Waals surface area contributed by atoms with Crippen LogP contribution in [-0.4, -0.2) is 29.7 Å². The van der Waals surface area contributed by atoms with Crippen molar-refractivity contribution in [2.45, 2.75) is 18.9 Å². The van der Waals surface area contributed by atoms with Crippen LogP contribution in [0.15, 0.2) is 0 Å². The minimum Gasteiger partial charge on any atom is -0.360 e.